The second kappa shape index (κ2) is 4.22. The normalized spacial score (nSPS) is 12.6. The van der Waals surface area contributed by atoms with Crippen molar-refractivity contribution in [1.29, 1.82) is 0 Å². The van der Waals surface area contributed by atoms with Gasteiger partial charge in [-0.1, -0.05) is 0 Å². The van der Waals surface area contributed by atoms with Crippen LogP contribution in [0.15, 0.2) is 17.6 Å². The fourth-order valence-corrected chi connectivity index (χ4v) is 1.94. The van der Waals surface area contributed by atoms with Gasteiger partial charge in [0, 0.05) is 6.54 Å². The number of imidazole rings is 1. The zero-order valence-corrected chi connectivity index (χ0v) is 9.84. The molecule has 0 fully saturated rings. The number of nitrogens with two attached hydrogens (primary N) is 1. The average Bonchev–Trinajstić information content (AvgIpc) is 2.68. The number of aromatic amines is 1. The smallest absolute Gasteiger partial charge is 0.257 e. The number of nitrogens with zero attached hydrogens (tertiary/aromatic N) is 1. The summed E-state index contributed by atoms with van der Waals surface area (Å²) in [6.07, 6.45) is 2.44. The molecule has 0 aliphatic heterocycles. The lowest BCUT2D eigenvalue weighted by atomic mass is 9.93. The molecule has 1 amide bonds. The highest BCUT2D eigenvalue weighted by Crippen LogP contribution is 2.13. The van der Waals surface area contributed by atoms with Crippen LogP contribution in [-0.2, 0) is 14.8 Å². The van der Waals surface area contributed by atoms with Gasteiger partial charge in [-0.3, -0.25) is 4.79 Å². The molecule has 0 saturated carbocycles. The zero-order chi connectivity index (χ0) is 12.4. The van der Waals surface area contributed by atoms with Gasteiger partial charge in [-0.25, -0.2) is 18.1 Å². The van der Waals surface area contributed by atoms with Crippen molar-refractivity contribution in [2.24, 2.45) is 11.1 Å². The quantitative estimate of drug-likeness (QED) is 0.630. The van der Waals surface area contributed by atoms with E-state index < -0.39 is 21.3 Å². The van der Waals surface area contributed by atoms with Gasteiger partial charge in [-0.2, -0.15) is 0 Å². The second-order valence-electron chi connectivity index (χ2n) is 3.99. The lowest BCUT2D eigenvalue weighted by Crippen LogP contribution is -2.42. The van der Waals surface area contributed by atoms with Crippen LogP contribution in [0.2, 0.25) is 0 Å². The van der Waals surface area contributed by atoms with Crippen LogP contribution in [0, 0.1) is 5.41 Å². The van der Waals surface area contributed by atoms with Crippen LogP contribution in [-0.4, -0.2) is 30.8 Å². The van der Waals surface area contributed by atoms with Crippen molar-refractivity contribution in [2.45, 2.75) is 18.9 Å². The van der Waals surface area contributed by atoms with E-state index in [2.05, 4.69) is 14.7 Å². The van der Waals surface area contributed by atoms with E-state index in [-0.39, 0.29) is 11.6 Å². The first-order valence-corrected chi connectivity index (χ1v) is 6.02. The van der Waals surface area contributed by atoms with Crippen LogP contribution in [0.25, 0.3) is 0 Å². The molecule has 0 saturated heterocycles. The highest BCUT2D eigenvalue weighted by Gasteiger charge is 2.27. The molecule has 0 spiro atoms. The van der Waals surface area contributed by atoms with E-state index in [1.54, 1.807) is 13.8 Å². The summed E-state index contributed by atoms with van der Waals surface area (Å²) in [5.41, 5.74) is 4.19. The second-order valence-corrected chi connectivity index (χ2v) is 5.72. The number of carbonyl (C=O) groups excluding carboxylic acids is 1. The minimum atomic E-state index is -3.66. The van der Waals surface area contributed by atoms with Gasteiger partial charge in [-0.15, -0.1) is 0 Å². The fourth-order valence-electron chi connectivity index (χ4n) is 0.830. The number of carbonyl (C=O) groups is 1. The van der Waals surface area contributed by atoms with Crippen LogP contribution in [0.3, 0.4) is 0 Å². The third-order valence-corrected chi connectivity index (χ3v) is 3.46. The standard InChI is InChI=1S/C8H14N4O3S/c1-8(2,7(9)13)4-12-16(14,15)6-3-10-5-11-6/h3,5,12H,4H2,1-2H3,(H2,9,13)(H,10,11). The van der Waals surface area contributed by atoms with Crippen molar-refractivity contribution >= 4 is 15.9 Å². The summed E-state index contributed by atoms with van der Waals surface area (Å²) in [5, 5.41) is -0.0484. The number of primary amides is 1. The van der Waals surface area contributed by atoms with Gasteiger partial charge < -0.3 is 10.7 Å². The van der Waals surface area contributed by atoms with Gasteiger partial charge in [-0.05, 0) is 13.8 Å². The maximum Gasteiger partial charge on any atom is 0.257 e. The first-order valence-electron chi connectivity index (χ1n) is 4.54. The van der Waals surface area contributed by atoms with Crippen molar-refractivity contribution in [3.8, 4) is 0 Å². The Morgan fingerprint density at radius 3 is 2.69 bits per heavy atom. The molecule has 0 aliphatic rings. The summed E-state index contributed by atoms with van der Waals surface area (Å²) < 4.78 is 25.5. The average molecular weight is 246 g/mol. The summed E-state index contributed by atoms with van der Waals surface area (Å²) in [7, 11) is -3.66. The molecule has 0 atom stereocenters. The minimum Gasteiger partial charge on any atom is -0.369 e. The molecule has 8 heteroatoms. The number of sulfonamides is 1. The minimum absolute atomic E-state index is 0.0484. The first kappa shape index (κ1) is 12.7. The number of amides is 1. The van der Waals surface area contributed by atoms with Crippen molar-refractivity contribution in [2.75, 3.05) is 6.54 Å². The monoisotopic (exact) mass is 246 g/mol. The Morgan fingerprint density at radius 2 is 2.25 bits per heavy atom. The van der Waals surface area contributed by atoms with E-state index in [0.29, 0.717) is 0 Å². The predicted molar refractivity (Wildman–Crippen MR) is 56.8 cm³/mol. The summed E-state index contributed by atoms with van der Waals surface area (Å²) in [4.78, 5) is 17.1. The molecular weight excluding hydrogens is 232 g/mol. The topological polar surface area (TPSA) is 118 Å². The van der Waals surface area contributed by atoms with Crippen molar-refractivity contribution < 1.29 is 13.2 Å². The molecule has 1 heterocycles. The first-order chi connectivity index (χ1) is 7.26. The zero-order valence-electron chi connectivity index (χ0n) is 9.02. The molecule has 1 aromatic heterocycles. The van der Waals surface area contributed by atoms with Gasteiger partial charge in [0.05, 0.1) is 17.9 Å². The highest BCUT2D eigenvalue weighted by molar-refractivity contribution is 7.89. The number of nitrogens with one attached hydrogen (secondary N) is 2. The molecule has 0 radical (unpaired) electrons. The Kier molecular flexibility index (Phi) is 3.34. The molecule has 1 aromatic rings. The Bertz CT molecular complexity index is 463. The Morgan fingerprint density at radius 1 is 1.62 bits per heavy atom. The van der Waals surface area contributed by atoms with Gasteiger partial charge in [0.15, 0.2) is 5.03 Å². The van der Waals surface area contributed by atoms with E-state index in [1.165, 1.54) is 12.5 Å². The van der Waals surface area contributed by atoms with E-state index >= 15 is 0 Å². The molecule has 0 aliphatic carbocycles. The lowest BCUT2D eigenvalue weighted by molar-refractivity contribution is -0.125. The van der Waals surface area contributed by atoms with Crippen molar-refractivity contribution in [1.82, 2.24) is 14.7 Å². The summed E-state index contributed by atoms with van der Waals surface area (Å²) in [6.45, 7) is 3.05. The van der Waals surface area contributed by atoms with E-state index in [0.717, 1.165) is 0 Å². The molecule has 1 rings (SSSR count). The predicted octanol–water partition coefficient (Wildman–Crippen LogP) is -0.800. The Balaban J connectivity index is 2.74. The summed E-state index contributed by atoms with van der Waals surface area (Å²) >= 11 is 0. The number of aromatic nitrogens is 2. The molecule has 0 unspecified atom stereocenters. The SMILES string of the molecule is CC(C)(CNS(=O)(=O)c1cnc[nH]1)C(N)=O. The third-order valence-electron chi connectivity index (χ3n) is 2.13. The lowest BCUT2D eigenvalue weighted by Gasteiger charge is -2.20. The number of H-pyrrole nitrogens is 1. The molecule has 90 valence electrons. The number of hydrogen-bond acceptors (Lipinski definition) is 4. The molecule has 16 heavy (non-hydrogen) atoms. The van der Waals surface area contributed by atoms with Gasteiger partial charge in [0.1, 0.15) is 0 Å². The van der Waals surface area contributed by atoms with Gasteiger partial charge in [0.25, 0.3) is 10.0 Å². The molecule has 0 aromatic carbocycles. The molecule has 0 bridgehead atoms. The molecule has 7 nitrogen and oxygen atoms in total. The van der Waals surface area contributed by atoms with Gasteiger partial charge >= 0.3 is 0 Å². The van der Waals surface area contributed by atoms with Crippen LogP contribution >= 0.6 is 0 Å². The van der Waals surface area contributed by atoms with Crippen LogP contribution in [0.1, 0.15) is 13.8 Å². The van der Waals surface area contributed by atoms with Crippen molar-refractivity contribution in [3.05, 3.63) is 12.5 Å². The number of rotatable bonds is 5. The highest BCUT2D eigenvalue weighted by atomic mass is 32.2. The third kappa shape index (κ3) is 2.80. The van der Waals surface area contributed by atoms with E-state index in [4.69, 9.17) is 5.73 Å². The van der Waals surface area contributed by atoms with Gasteiger partial charge in [0.2, 0.25) is 5.91 Å². The molecule has 4 N–H and O–H groups in total. The Hall–Kier alpha value is -1.41. The summed E-state index contributed by atoms with van der Waals surface area (Å²) in [5.74, 6) is -0.570. The molecular formula is C8H14N4O3S. The van der Waals surface area contributed by atoms with E-state index in [9.17, 15) is 13.2 Å². The largest absolute Gasteiger partial charge is 0.369 e. The maximum atomic E-state index is 11.6. The number of hydrogen-bond donors (Lipinski definition) is 3. The van der Waals surface area contributed by atoms with E-state index in [1.807, 2.05) is 0 Å². The van der Waals surface area contributed by atoms with Crippen molar-refractivity contribution in [3.63, 3.8) is 0 Å². The summed E-state index contributed by atoms with van der Waals surface area (Å²) in [6, 6.07) is 0. The Labute approximate surface area is 93.5 Å². The van der Waals surface area contributed by atoms with Crippen LogP contribution in [0.4, 0.5) is 0 Å². The van der Waals surface area contributed by atoms with Crippen LogP contribution in [0.5, 0.6) is 0 Å². The fraction of sp³-hybridized carbons (Fsp3) is 0.500. The maximum absolute atomic E-state index is 11.6. The van der Waals surface area contributed by atoms with Crippen LogP contribution < -0.4 is 10.5 Å².